The van der Waals surface area contributed by atoms with Crippen LogP contribution < -0.4 is 16.4 Å². The second-order valence-electron chi connectivity index (χ2n) is 9.23. The Morgan fingerprint density at radius 1 is 0.973 bits per heavy atom. The van der Waals surface area contributed by atoms with Gasteiger partial charge < -0.3 is 40.2 Å². The number of fused-ring (bicyclic) bond motifs is 1. The van der Waals surface area contributed by atoms with Crippen LogP contribution >= 0.6 is 11.8 Å². The van der Waals surface area contributed by atoms with E-state index < -0.39 is 0 Å². The fraction of sp³-hybridized carbons (Fsp3) is 0.880. The molecule has 3 atom stereocenters. The number of rotatable bonds is 23. The van der Waals surface area contributed by atoms with Crippen molar-refractivity contribution in [3.05, 3.63) is 0 Å². The Hall–Kier alpha value is -1.60. The van der Waals surface area contributed by atoms with Gasteiger partial charge in [0.15, 0.2) is 0 Å². The zero-order valence-corrected chi connectivity index (χ0v) is 23.1. The minimum atomic E-state index is -0.376. The second-order valence-corrected chi connectivity index (χ2v) is 10.5. The molecule has 2 saturated heterocycles. The summed E-state index contributed by atoms with van der Waals surface area (Å²) in [6.45, 7) is 6.93. The summed E-state index contributed by atoms with van der Waals surface area (Å²) in [7, 11) is 0. The average Bonchev–Trinajstić information content (AvgIpc) is 3.40. The predicted molar refractivity (Wildman–Crippen MR) is 143 cm³/mol. The number of hydrogen-bond acceptors (Lipinski definition) is 8. The van der Waals surface area contributed by atoms with E-state index in [1.165, 1.54) is 0 Å². The minimum Gasteiger partial charge on any atom is -0.379 e. The van der Waals surface area contributed by atoms with E-state index in [9.17, 15) is 14.4 Å². The Labute approximate surface area is 225 Å². The maximum Gasteiger partial charge on any atom is 0.318 e. The van der Waals surface area contributed by atoms with Crippen LogP contribution in [0.5, 0.6) is 0 Å². The number of thioether (sulfide) groups is 1. The summed E-state index contributed by atoms with van der Waals surface area (Å²) in [5.74, 6) is 0.660. The van der Waals surface area contributed by atoms with Gasteiger partial charge in [0, 0.05) is 36.9 Å². The van der Waals surface area contributed by atoms with E-state index >= 15 is 0 Å². The van der Waals surface area contributed by atoms with Crippen molar-refractivity contribution in [2.45, 2.75) is 69.2 Å². The Morgan fingerprint density at radius 2 is 1.62 bits per heavy atom. The number of carbonyl (C=O) groups excluding carboxylic acids is 3. The van der Waals surface area contributed by atoms with Crippen molar-refractivity contribution >= 4 is 29.6 Å². The molecule has 214 valence electrons. The molecule has 0 aromatic rings. The summed E-state index contributed by atoms with van der Waals surface area (Å²) in [5.41, 5.74) is 5.02. The van der Waals surface area contributed by atoms with E-state index in [2.05, 4.69) is 17.6 Å². The Balaban J connectivity index is 1.36. The van der Waals surface area contributed by atoms with Crippen LogP contribution in [0.4, 0.5) is 4.79 Å². The van der Waals surface area contributed by atoms with Gasteiger partial charge in [-0.05, 0) is 19.3 Å². The number of carbonyl (C=O) groups is 3. The molecule has 2 aliphatic rings. The van der Waals surface area contributed by atoms with Crippen LogP contribution in [0.25, 0.3) is 0 Å². The number of ether oxygens (including phenoxy) is 4. The number of nitrogens with two attached hydrogens (primary N) is 1. The highest BCUT2D eigenvalue weighted by atomic mass is 32.2. The molecule has 0 saturated carbocycles. The average molecular weight is 547 g/mol. The van der Waals surface area contributed by atoms with Crippen LogP contribution in [0.1, 0.15) is 51.9 Å². The smallest absolute Gasteiger partial charge is 0.318 e. The summed E-state index contributed by atoms with van der Waals surface area (Å²) in [6, 6.07) is 0.660. The summed E-state index contributed by atoms with van der Waals surface area (Å²) in [4.78, 5) is 36.9. The standard InChI is InChI=1S/C25H46N4O7S/c1-2-3-10-29-24-20(28-25(29)32)19-37-21(24)6-4-5-7-23(31)27-9-12-34-14-16-36-18-17-35-15-13-33-11-8-22(26)30/h20-21,24H,2-19H2,1H3,(H2,26,30)(H,27,31)(H,28,32)/t20-,21-,24-/m0/s1. The van der Waals surface area contributed by atoms with Crippen LogP contribution in [-0.2, 0) is 28.5 Å². The Kier molecular flexibility index (Phi) is 16.6. The molecule has 2 rings (SSSR count). The van der Waals surface area contributed by atoms with Crippen LogP contribution in [-0.4, -0.2) is 112 Å². The first-order chi connectivity index (χ1) is 18.0. The van der Waals surface area contributed by atoms with Crippen molar-refractivity contribution in [2.75, 3.05) is 71.7 Å². The number of primary amides is 1. The second kappa shape index (κ2) is 19.5. The van der Waals surface area contributed by atoms with Crippen molar-refractivity contribution in [3.63, 3.8) is 0 Å². The van der Waals surface area contributed by atoms with Gasteiger partial charge in [-0.3, -0.25) is 9.59 Å². The number of nitrogens with one attached hydrogen (secondary N) is 2. The zero-order valence-electron chi connectivity index (χ0n) is 22.3. The van der Waals surface area contributed by atoms with Gasteiger partial charge in [-0.2, -0.15) is 11.8 Å². The largest absolute Gasteiger partial charge is 0.379 e. The van der Waals surface area contributed by atoms with Gasteiger partial charge in [0.1, 0.15) is 0 Å². The first kappa shape index (κ1) is 31.6. The first-order valence-corrected chi connectivity index (χ1v) is 14.6. The highest BCUT2D eigenvalue weighted by Crippen LogP contribution is 2.37. The lowest BCUT2D eigenvalue weighted by Crippen LogP contribution is -2.41. The maximum absolute atomic E-state index is 12.3. The molecule has 0 unspecified atom stereocenters. The van der Waals surface area contributed by atoms with E-state index in [-0.39, 0.29) is 30.3 Å². The monoisotopic (exact) mass is 546 g/mol. The normalized spacial score (nSPS) is 20.7. The van der Waals surface area contributed by atoms with E-state index in [0.29, 0.717) is 77.1 Å². The molecule has 2 fully saturated rings. The van der Waals surface area contributed by atoms with Crippen molar-refractivity contribution in [1.82, 2.24) is 15.5 Å². The van der Waals surface area contributed by atoms with Crippen molar-refractivity contribution in [2.24, 2.45) is 5.73 Å². The molecule has 0 aliphatic carbocycles. The summed E-state index contributed by atoms with van der Waals surface area (Å²) < 4.78 is 21.4. The maximum atomic E-state index is 12.3. The number of unbranched alkanes of at least 4 members (excludes halogenated alkanes) is 2. The molecule has 0 aromatic carbocycles. The molecule has 12 heteroatoms. The lowest BCUT2D eigenvalue weighted by Gasteiger charge is -2.27. The Bertz CT molecular complexity index is 673. The third-order valence-corrected chi connectivity index (χ3v) is 7.78. The van der Waals surface area contributed by atoms with Gasteiger partial charge in [0.05, 0.1) is 64.9 Å². The van der Waals surface area contributed by atoms with Gasteiger partial charge in [0.2, 0.25) is 11.8 Å². The molecule has 4 N–H and O–H groups in total. The quantitative estimate of drug-likeness (QED) is 0.129. The molecular formula is C25H46N4O7S. The number of urea groups is 1. The topological polar surface area (TPSA) is 141 Å². The van der Waals surface area contributed by atoms with E-state index in [0.717, 1.165) is 44.4 Å². The fourth-order valence-corrected chi connectivity index (χ4v) is 5.96. The summed E-state index contributed by atoms with van der Waals surface area (Å²) in [5, 5.41) is 6.50. The van der Waals surface area contributed by atoms with Gasteiger partial charge in [-0.25, -0.2) is 4.79 Å². The molecule has 2 aliphatic heterocycles. The SMILES string of the molecule is CCCCN1C(=O)N[C@H]2CS[C@@H](CCCCC(=O)NCCOCCOCCOCCOCCC(N)=O)[C@H]21. The summed E-state index contributed by atoms with van der Waals surface area (Å²) >= 11 is 1.96. The molecule has 11 nitrogen and oxygen atoms in total. The third kappa shape index (κ3) is 13.2. The van der Waals surface area contributed by atoms with Crippen LogP contribution in [0.2, 0.25) is 0 Å². The highest BCUT2D eigenvalue weighted by molar-refractivity contribution is 8.00. The molecule has 0 radical (unpaired) electrons. The van der Waals surface area contributed by atoms with E-state index in [1.54, 1.807) is 0 Å². The zero-order chi connectivity index (χ0) is 26.7. The molecular weight excluding hydrogens is 500 g/mol. The van der Waals surface area contributed by atoms with Crippen LogP contribution in [0.3, 0.4) is 0 Å². The molecule has 0 spiro atoms. The van der Waals surface area contributed by atoms with Gasteiger partial charge >= 0.3 is 6.03 Å². The third-order valence-electron chi connectivity index (χ3n) is 6.29. The van der Waals surface area contributed by atoms with Gasteiger partial charge in [-0.15, -0.1) is 0 Å². The Morgan fingerprint density at radius 3 is 2.27 bits per heavy atom. The van der Waals surface area contributed by atoms with Crippen molar-refractivity contribution < 1.29 is 33.3 Å². The van der Waals surface area contributed by atoms with Crippen molar-refractivity contribution in [3.8, 4) is 0 Å². The molecule has 37 heavy (non-hydrogen) atoms. The van der Waals surface area contributed by atoms with Crippen LogP contribution in [0, 0.1) is 0 Å². The minimum absolute atomic E-state index is 0.0508. The lowest BCUT2D eigenvalue weighted by molar-refractivity contribution is -0.121. The predicted octanol–water partition coefficient (Wildman–Crippen LogP) is 1.28. The molecule has 0 aromatic heterocycles. The first-order valence-electron chi connectivity index (χ1n) is 13.6. The van der Waals surface area contributed by atoms with Gasteiger partial charge in [0.25, 0.3) is 0 Å². The van der Waals surface area contributed by atoms with Gasteiger partial charge in [-0.1, -0.05) is 19.8 Å². The van der Waals surface area contributed by atoms with E-state index in [1.807, 2.05) is 16.7 Å². The molecule has 0 bridgehead atoms. The van der Waals surface area contributed by atoms with Crippen LogP contribution in [0.15, 0.2) is 0 Å². The van der Waals surface area contributed by atoms with E-state index in [4.69, 9.17) is 24.7 Å². The lowest BCUT2D eigenvalue weighted by atomic mass is 10.0. The molecule has 2 heterocycles. The number of amides is 4. The highest BCUT2D eigenvalue weighted by Gasteiger charge is 2.47. The van der Waals surface area contributed by atoms with Crippen molar-refractivity contribution in [1.29, 1.82) is 0 Å². The summed E-state index contributed by atoms with van der Waals surface area (Å²) in [6.07, 6.45) is 5.74. The molecule has 4 amide bonds. The number of hydrogen-bond donors (Lipinski definition) is 3. The number of nitrogens with zero attached hydrogens (tertiary/aromatic N) is 1. The fourth-order valence-electron chi connectivity index (χ4n) is 4.36.